The van der Waals surface area contributed by atoms with Crippen molar-refractivity contribution in [3.05, 3.63) is 0 Å². The summed E-state index contributed by atoms with van der Waals surface area (Å²) in [5.41, 5.74) is 0. The molecule has 2 unspecified atom stereocenters. The van der Waals surface area contributed by atoms with E-state index in [1.807, 2.05) is 0 Å². The van der Waals surface area contributed by atoms with Crippen LogP contribution in [0.2, 0.25) is 0 Å². The minimum absolute atomic E-state index is 0.249. The van der Waals surface area contributed by atoms with Crippen molar-refractivity contribution in [2.45, 2.75) is 37.8 Å². The number of likely N-dealkylation sites (tertiary alicyclic amines) is 1. The number of rotatable bonds is 3. The van der Waals surface area contributed by atoms with Gasteiger partial charge in [0.05, 0.1) is 13.0 Å². The quantitative estimate of drug-likeness (QED) is 0.727. The lowest BCUT2D eigenvalue weighted by atomic mass is 10.1. The number of carbonyl (C=O) groups is 1. The van der Waals surface area contributed by atoms with Crippen LogP contribution in [0.4, 0.5) is 0 Å². The summed E-state index contributed by atoms with van der Waals surface area (Å²) < 4.78 is 5.33. The molecule has 2 atom stereocenters. The Kier molecular flexibility index (Phi) is 3.03. The van der Waals surface area contributed by atoms with Crippen molar-refractivity contribution in [2.24, 2.45) is 0 Å². The summed E-state index contributed by atoms with van der Waals surface area (Å²) in [5, 5.41) is 8.78. The largest absolute Gasteiger partial charge is 0.481 e. The van der Waals surface area contributed by atoms with Crippen LogP contribution >= 0.6 is 0 Å². The van der Waals surface area contributed by atoms with Crippen LogP contribution < -0.4 is 0 Å². The Balaban J connectivity index is 1.92. The van der Waals surface area contributed by atoms with Gasteiger partial charge in [-0.1, -0.05) is 0 Å². The summed E-state index contributed by atoms with van der Waals surface area (Å²) in [6, 6.07) is 0.723. The van der Waals surface area contributed by atoms with Crippen LogP contribution in [0.25, 0.3) is 0 Å². The van der Waals surface area contributed by atoms with E-state index < -0.39 is 5.97 Å². The predicted molar refractivity (Wildman–Crippen MR) is 51.2 cm³/mol. The molecule has 2 aliphatic heterocycles. The van der Waals surface area contributed by atoms with E-state index in [0.717, 1.165) is 39.0 Å². The highest BCUT2D eigenvalue weighted by Crippen LogP contribution is 2.26. The lowest BCUT2D eigenvalue weighted by Gasteiger charge is -2.28. The highest BCUT2D eigenvalue weighted by Gasteiger charge is 2.33. The van der Waals surface area contributed by atoms with Gasteiger partial charge in [-0.3, -0.25) is 9.69 Å². The molecule has 0 amide bonds. The lowest BCUT2D eigenvalue weighted by molar-refractivity contribution is -0.138. The lowest BCUT2D eigenvalue weighted by Crippen LogP contribution is -2.40. The van der Waals surface area contributed by atoms with Crippen LogP contribution in [0, 0.1) is 0 Å². The summed E-state index contributed by atoms with van der Waals surface area (Å²) in [4.78, 5) is 13.0. The van der Waals surface area contributed by atoms with Crippen molar-refractivity contribution in [3.8, 4) is 0 Å². The summed E-state index contributed by atoms with van der Waals surface area (Å²) in [6.07, 6.45) is 3.52. The van der Waals surface area contributed by atoms with E-state index in [2.05, 4.69) is 4.90 Å². The van der Waals surface area contributed by atoms with Gasteiger partial charge in [-0.15, -0.1) is 0 Å². The number of ether oxygens (including phenoxy) is 1. The highest BCUT2D eigenvalue weighted by atomic mass is 16.5. The van der Waals surface area contributed by atoms with E-state index in [9.17, 15) is 4.79 Å². The average Bonchev–Trinajstić information content (AvgIpc) is 2.70. The zero-order chi connectivity index (χ0) is 9.97. The summed E-state index contributed by atoms with van der Waals surface area (Å²) in [7, 11) is 0. The maximum Gasteiger partial charge on any atom is 0.304 e. The smallest absolute Gasteiger partial charge is 0.304 e. The Labute approximate surface area is 83.8 Å². The van der Waals surface area contributed by atoms with Crippen molar-refractivity contribution in [2.75, 3.05) is 19.8 Å². The second-order valence-electron chi connectivity index (χ2n) is 4.15. The van der Waals surface area contributed by atoms with E-state index in [4.69, 9.17) is 9.84 Å². The average molecular weight is 199 g/mol. The summed E-state index contributed by atoms with van der Waals surface area (Å²) in [5.74, 6) is -0.680. The van der Waals surface area contributed by atoms with Gasteiger partial charge in [0.15, 0.2) is 0 Å². The first kappa shape index (κ1) is 9.93. The van der Waals surface area contributed by atoms with Crippen molar-refractivity contribution >= 4 is 5.97 Å². The van der Waals surface area contributed by atoms with E-state index in [-0.39, 0.29) is 12.5 Å². The first-order valence-electron chi connectivity index (χ1n) is 5.32. The van der Waals surface area contributed by atoms with Gasteiger partial charge in [0, 0.05) is 18.7 Å². The molecule has 0 aliphatic carbocycles. The SMILES string of the molecule is O=C(O)CC1CCCN1C1CCOC1. The third-order valence-electron chi connectivity index (χ3n) is 3.21. The normalized spacial score (nSPS) is 33.7. The minimum Gasteiger partial charge on any atom is -0.481 e. The molecule has 2 fully saturated rings. The molecule has 14 heavy (non-hydrogen) atoms. The fourth-order valence-corrected chi connectivity index (χ4v) is 2.54. The molecule has 0 spiro atoms. The predicted octanol–water partition coefficient (Wildman–Crippen LogP) is 0.714. The molecule has 1 N–H and O–H groups in total. The Morgan fingerprint density at radius 1 is 1.50 bits per heavy atom. The molecule has 2 rings (SSSR count). The van der Waals surface area contributed by atoms with Crippen LogP contribution in [-0.4, -0.2) is 47.8 Å². The molecule has 0 saturated carbocycles. The summed E-state index contributed by atoms with van der Waals surface area (Å²) in [6.45, 7) is 2.67. The van der Waals surface area contributed by atoms with Gasteiger partial charge in [-0.2, -0.15) is 0 Å². The molecule has 2 saturated heterocycles. The van der Waals surface area contributed by atoms with Crippen LogP contribution in [0.1, 0.15) is 25.7 Å². The van der Waals surface area contributed by atoms with Gasteiger partial charge in [-0.05, 0) is 25.8 Å². The Morgan fingerprint density at radius 3 is 3.00 bits per heavy atom. The fraction of sp³-hybridized carbons (Fsp3) is 0.900. The van der Waals surface area contributed by atoms with Gasteiger partial charge >= 0.3 is 5.97 Å². The molecule has 0 aromatic heterocycles. The van der Waals surface area contributed by atoms with Crippen LogP contribution in [0.15, 0.2) is 0 Å². The first-order valence-corrected chi connectivity index (χ1v) is 5.32. The van der Waals surface area contributed by atoms with Gasteiger partial charge in [0.2, 0.25) is 0 Å². The van der Waals surface area contributed by atoms with E-state index in [0.29, 0.717) is 6.04 Å². The van der Waals surface area contributed by atoms with Crippen molar-refractivity contribution in [1.29, 1.82) is 0 Å². The molecule has 0 radical (unpaired) electrons. The van der Waals surface area contributed by atoms with Crippen molar-refractivity contribution in [3.63, 3.8) is 0 Å². The molecule has 2 heterocycles. The molecular formula is C10H17NO3. The number of hydrogen-bond donors (Lipinski definition) is 1. The zero-order valence-corrected chi connectivity index (χ0v) is 8.32. The van der Waals surface area contributed by atoms with E-state index in [1.54, 1.807) is 0 Å². The molecule has 4 nitrogen and oxygen atoms in total. The molecule has 4 heteroatoms. The number of hydrogen-bond acceptors (Lipinski definition) is 3. The van der Waals surface area contributed by atoms with E-state index in [1.165, 1.54) is 0 Å². The number of carboxylic acids is 1. The maximum atomic E-state index is 10.7. The first-order chi connectivity index (χ1) is 6.77. The third-order valence-corrected chi connectivity index (χ3v) is 3.21. The standard InChI is InChI=1S/C10H17NO3/c12-10(13)6-8-2-1-4-11(8)9-3-5-14-7-9/h8-9H,1-7H2,(H,12,13). The van der Waals surface area contributed by atoms with Gasteiger partial charge in [0.25, 0.3) is 0 Å². The maximum absolute atomic E-state index is 10.7. The van der Waals surface area contributed by atoms with Crippen LogP contribution in [0.3, 0.4) is 0 Å². The minimum atomic E-state index is -0.680. The molecule has 0 aromatic carbocycles. The Hall–Kier alpha value is -0.610. The zero-order valence-electron chi connectivity index (χ0n) is 8.32. The monoisotopic (exact) mass is 199 g/mol. The van der Waals surface area contributed by atoms with Crippen molar-refractivity contribution < 1.29 is 14.6 Å². The fourth-order valence-electron chi connectivity index (χ4n) is 2.54. The number of carboxylic acid groups (broad SMARTS) is 1. The van der Waals surface area contributed by atoms with Crippen LogP contribution in [-0.2, 0) is 9.53 Å². The molecule has 0 bridgehead atoms. The highest BCUT2D eigenvalue weighted by molar-refractivity contribution is 5.67. The topological polar surface area (TPSA) is 49.8 Å². The molecule has 0 aromatic rings. The van der Waals surface area contributed by atoms with Crippen LogP contribution in [0.5, 0.6) is 0 Å². The van der Waals surface area contributed by atoms with Crippen molar-refractivity contribution in [1.82, 2.24) is 4.90 Å². The van der Waals surface area contributed by atoms with Gasteiger partial charge < -0.3 is 9.84 Å². The Morgan fingerprint density at radius 2 is 2.36 bits per heavy atom. The Bertz CT molecular complexity index is 213. The number of aliphatic carboxylic acids is 1. The second kappa shape index (κ2) is 4.28. The third kappa shape index (κ3) is 2.07. The van der Waals surface area contributed by atoms with Gasteiger partial charge in [0.1, 0.15) is 0 Å². The molecular weight excluding hydrogens is 182 g/mol. The van der Waals surface area contributed by atoms with E-state index >= 15 is 0 Å². The number of nitrogens with zero attached hydrogens (tertiary/aromatic N) is 1. The van der Waals surface area contributed by atoms with Gasteiger partial charge in [-0.25, -0.2) is 0 Å². The molecule has 2 aliphatic rings. The second-order valence-corrected chi connectivity index (χ2v) is 4.15. The molecule has 80 valence electrons. The summed E-state index contributed by atoms with van der Waals surface area (Å²) >= 11 is 0.